The van der Waals surface area contributed by atoms with Crippen LogP contribution in [0.1, 0.15) is 36.0 Å². The summed E-state index contributed by atoms with van der Waals surface area (Å²) in [6.45, 7) is 3.27. The normalized spacial score (nSPS) is 17.8. The number of Topliss-reactive ketones (excluding diaryl/α,β-unsaturated/α-hetero) is 1. The molecule has 0 radical (unpaired) electrons. The van der Waals surface area contributed by atoms with Crippen LogP contribution in [0.5, 0.6) is 11.8 Å². The molecule has 0 amide bonds. The summed E-state index contributed by atoms with van der Waals surface area (Å²) in [6.07, 6.45) is 4.89. The lowest BCUT2D eigenvalue weighted by atomic mass is 9.89. The van der Waals surface area contributed by atoms with Crippen molar-refractivity contribution in [3.05, 3.63) is 70.7 Å². The smallest absolute Gasteiger partial charge is 0.213 e. The summed E-state index contributed by atoms with van der Waals surface area (Å²) in [4.78, 5) is 24.1. The lowest BCUT2D eigenvalue weighted by Crippen LogP contribution is -2.39. The molecule has 7 heteroatoms. The zero-order chi connectivity index (χ0) is 25.8. The highest BCUT2D eigenvalue weighted by Gasteiger charge is 2.30. The van der Waals surface area contributed by atoms with E-state index in [1.54, 1.807) is 14.2 Å². The minimum absolute atomic E-state index is 0.140. The van der Waals surface area contributed by atoms with Gasteiger partial charge in [0.15, 0.2) is 5.78 Å². The topological polar surface area (TPSA) is 64.6 Å². The monoisotopic (exact) mass is 561 g/mol. The van der Waals surface area contributed by atoms with E-state index in [9.17, 15) is 4.79 Å². The Morgan fingerprint density at radius 3 is 2.19 bits per heavy atom. The van der Waals surface area contributed by atoms with Gasteiger partial charge in [0.25, 0.3) is 0 Å². The number of aromatic nitrogens is 2. The number of rotatable bonds is 6. The number of carbonyl (C=O) groups is 1. The molecule has 1 unspecified atom stereocenters. The molecule has 1 aliphatic heterocycles. The molecule has 37 heavy (non-hydrogen) atoms. The van der Waals surface area contributed by atoms with Crippen molar-refractivity contribution in [2.45, 2.75) is 25.7 Å². The Bertz CT molecular complexity index is 1410. The molecule has 0 spiro atoms. The summed E-state index contributed by atoms with van der Waals surface area (Å²) in [5.74, 6) is 2.56. The summed E-state index contributed by atoms with van der Waals surface area (Å²) < 4.78 is 11.3. The number of fused-ring (bicyclic) bond motifs is 2. The number of pyridine rings is 2. The van der Waals surface area contributed by atoms with Crippen LogP contribution in [0.3, 0.4) is 0 Å². The Morgan fingerprint density at radius 1 is 0.892 bits per heavy atom. The van der Waals surface area contributed by atoms with Gasteiger partial charge in [-0.05, 0) is 86.7 Å². The van der Waals surface area contributed by atoms with Crippen molar-refractivity contribution >= 4 is 43.5 Å². The van der Waals surface area contributed by atoms with Gasteiger partial charge >= 0.3 is 0 Å². The zero-order valence-corrected chi connectivity index (χ0v) is 22.9. The van der Waals surface area contributed by atoms with Crippen LogP contribution in [0, 0.1) is 11.8 Å². The number of hydrogen-bond donors (Lipinski definition) is 0. The molecule has 3 heterocycles. The maximum atomic E-state index is 12.9. The summed E-state index contributed by atoms with van der Waals surface area (Å²) in [6, 6.07) is 19.4. The Hall–Kier alpha value is -3.03. The highest BCUT2D eigenvalue weighted by molar-refractivity contribution is 9.10. The highest BCUT2D eigenvalue weighted by Crippen LogP contribution is 2.32. The molecule has 2 fully saturated rings. The van der Waals surface area contributed by atoms with E-state index in [2.05, 4.69) is 30.8 Å². The molecule has 1 aliphatic carbocycles. The fourth-order valence-electron chi connectivity index (χ4n) is 4.90. The van der Waals surface area contributed by atoms with E-state index in [4.69, 9.17) is 9.47 Å². The van der Waals surface area contributed by atoms with Gasteiger partial charge in [-0.25, -0.2) is 9.97 Å². The number of halogens is 1. The fraction of sp³-hybridized carbons (Fsp3) is 0.367. The number of hydrogen-bond acceptors (Lipinski definition) is 6. The zero-order valence-electron chi connectivity index (χ0n) is 21.3. The van der Waals surface area contributed by atoms with Crippen LogP contribution in [-0.4, -0.2) is 54.5 Å². The molecule has 1 atom stereocenters. The van der Waals surface area contributed by atoms with Crippen molar-refractivity contribution < 1.29 is 14.3 Å². The second-order valence-corrected chi connectivity index (χ2v) is 10.8. The number of ketones is 1. The number of methoxy groups -OCH3 is 2. The van der Waals surface area contributed by atoms with Gasteiger partial charge in [0.1, 0.15) is 0 Å². The minimum atomic E-state index is 0.140. The highest BCUT2D eigenvalue weighted by atomic mass is 79.9. The molecule has 1 saturated heterocycles. The maximum absolute atomic E-state index is 12.9. The van der Waals surface area contributed by atoms with Crippen molar-refractivity contribution in [1.29, 1.82) is 0 Å². The number of likely N-dealkylation sites (tertiary alicyclic amines) is 1. The number of piperidine rings is 1. The lowest BCUT2D eigenvalue weighted by Gasteiger charge is -2.32. The number of nitrogens with zero attached hydrogens (tertiary/aromatic N) is 3. The van der Waals surface area contributed by atoms with E-state index >= 15 is 0 Å². The van der Waals surface area contributed by atoms with Gasteiger partial charge in [0.05, 0.1) is 25.3 Å². The average Bonchev–Trinajstić information content (AvgIpc) is 3.76. The first-order valence-corrected chi connectivity index (χ1v) is 13.6. The van der Waals surface area contributed by atoms with Crippen LogP contribution in [0.25, 0.3) is 21.8 Å². The molecular formula is C30H32BrN3O3. The van der Waals surface area contributed by atoms with Crippen molar-refractivity contribution in [2.24, 2.45) is 11.8 Å². The molecule has 6 nitrogen and oxygen atoms in total. The Kier molecular flexibility index (Phi) is 8.01. The van der Waals surface area contributed by atoms with Crippen molar-refractivity contribution in [3.8, 4) is 11.8 Å². The van der Waals surface area contributed by atoms with Crippen molar-refractivity contribution in [2.75, 3.05) is 33.9 Å². The van der Waals surface area contributed by atoms with Gasteiger partial charge in [-0.15, -0.1) is 0 Å². The first kappa shape index (κ1) is 25.6. The number of ether oxygens (including phenoxy) is 2. The largest absolute Gasteiger partial charge is 0.481 e. The third-order valence-electron chi connectivity index (χ3n) is 7.08. The van der Waals surface area contributed by atoms with E-state index in [1.807, 2.05) is 60.7 Å². The van der Waals surface area contributed by atoms with Crippen molar-refractivity contribution in [3.63, 3.8) is 0 Å². The van der Waals surface area contributed by atoms with Gasteiger partial charge in [0, 0.05) is 51.9 Å². The number of carbonyl (C=O) groups excluding carboxylic acids is 1. The summed E-state index contributed by atoms with van der Waals surface area (Å²) in [7, 11) is 3.23. The summed E-state index contributed by atoms with van der Waals surface area (Å²) in [5, 5.41) is 2.10. The van der Waals surface area contributed by atoms with Crippen LogP contribution in [0.4, 0.5) is 0 Å². The van der Waals surface area contributed by atoms with E-state index < -0.39 is 0 Å². The third-order valence-corrected chi connectivity index (χ3v) is 7.58. The van der Waals surface area contributed by atoms with Gasteiger partial charge in [-0.2, -0.15) is 0 Å². The third kappa shape index (κ3) is 6.46. The van der Waals surface area contributed by atoms with Crippen LogP contribution in [0.2, 0.25) is 0 Å². The van der Waals surface area contributed by atoms with E-state index in [1.165, 1.54) is 19.4 Å². The number of benzene rings is 2. The van der Waals surface area contributed by atoms with E-state index in [0.29, 0.717) is 11.8 Å². The predicted molar refractivity (Wildman–Crippen MR) is 151 cm³/mol. The van der Waals surface area contributed by atoms with Crippen LogP contribution in [-0.2, 0) is 0 Å². The molecule has 1 saturated carbocycles. The molecule has 2 aromatic heterocycles. The molecule has 192 valence electrons. The van der Waals surface area contributed by atoms with Gasteiger partial charge in [0.2, 0.25) is 11.8 Å². The SMILES string of the molecule is COc1ccc2cc(Br)ccc2n1.COc1ccc2cc(C(=O)C3CCCN(CC4CC4)C3)ccc2n1. The fourth-order valence-corrected chi connectivity index (χ4v) is 5.28. The molecule has 4 aromatic rings. The molecule has 0 N–H and O–H groups in total. The van der Waals surface area contributed by atoms with Crippen LogP contribution >= 0.6 is 15.9 Å². The van der Waals surface area contributed by atoms with E-state index in [-0.39, 0.29) is 11.7 Å². The van der Waals surface area contributed by atoms with Crippen LogP contribution < -0.4 is 9.47 Å². The second kappa shape index (κ2) is 11.6. The molecular weight excluding hydrogens is 530 g/mol. The Labute approximate surface area is 226 Å². The Morgan fingerprint density at radius 2 is 1.54 bits per heavy atom. The van der Waals surface area contributed by atoms with Gasteiger partial charge in [-0.1, -0.05) is 15.9 Å². The van der Waals surface area contributed by atoms with Gasteiger partial charge < -0.3 is 14.4 Å². The molecule has 2 aromatic carbocycles. The first-order valence-electron chi connectivity index (χ1n) is 12.8. The Balaban J connectivity index is 0.000000182. The quantitative estimate of drug-likeness (QED) is 0.248. The average molecular weight is 563 g/mol. The molecule has 6 rings (SSSR count). The molecule has 0 bridgehead atoms. The molecule has 2 aliphatic rings. The first-order chi connectivity index (χ1) is 18.0. The van der Waals surface area contributed by atoms with Crippen molar-refractivity contribution in [1.82, 2.24) is 14.9 Å². The second-order valence-electron chi connectivity index (χ2n) is 9.86. The summed E-state index contributed by atoms with van der Waals surface area (Å²) in [5.41, 5.74) is 2.63. The minimum Gasteiger partial charge on any atom is -0.481 e. The predicted octanol–water partition coefficient (Wildman–Crippen LogP) is 6.55. The van der Waals surface area contributed by atoms with Gasteiger partial charge in [-0.3, -0.25) is 4.79 Å². The summed E-state index contributed by atoms with van der Waals surface area (Å²) >= 11 is 3.41. The van der Waals surface area contributed by atoms with Crippen LogP contribution in [0.15, 0.2) is 65.1 Å². The van der Waals surface area contributed by atoms with E-state index in [0.717, 1.165) is 63.7 Å². The lowest BCUT2D eigenvalue weighted by molar-refractivity contribution is 0.0815. The maximum Gasteiger partial charge on any atom is 0.213 e. The standard InChI is InChI=1S/C20H24N2O2.C10H8BrNO/c1-24-19-9-7-15-11-16(6-8-18(15)21-19)20(23)17-3-2-10-22(13-17)12-14-4-5-14;1-13-10-5-2-7-6-8(11)3-4-9(7)12-10/h6-9,11,14,17H,2-5,10,12-13H2,1H3;2-6H,1H3.